The summed E-state index contributed by atoms with van der Waals surface area (Å²) in [6, 6.07) is 8.23. The van der Waals surface area contributed by atoms with Crippen molar-refractivity contribution in [1.29, 1.82) is 0 Å². The van der Waals surface area contributed by atoms with Gasteiger partial charge in [-0.05, 0) is 37.6 Å². The van der Waals surface area contributed by atoms with Crippen molar-refractivity contribution in [3.8, 4) is 5.75 Å². The topological polar surface area (TPSA) is 41.5 Å². The number of nitrogens with one attached hydrogen (secondary N) is 1. The minimum Gasteiger partial charge on any atom is -0.494 e. The fourth-order valence-electron chi connectivity index (χ4n) is 1.65. The molecule has 2 N–H and O–H groups in total. The predicted octanol–water partition coefficient (Wildman–Crippen LogP) is 2.12. The Labute approximate surface area is 97.4 Å². The van der Waals surface area contributed by atoms with E-state index in [9.17, 15) is 0 Å². The van der Waals surface area contributed by atoms with E-state index in [2.05, 4.69) is 18.3 Å². The molecule has 0 radical (unpaired) electrons. The van der Waals surface area contributed by atoms with Crippen LogP contribution in [0.5, 0.6) is 5.75 Å². The molecule has 0 saturated heterocycles. The number of rotatable bonds is 7. The van der Waals surface area contributed by atoms with E-state index < -0.39 is 0 Å². The quantitative estimate of drug-likeness (QED) is 0.744. The summed E-state index contributed by atoms with van der Waals surface area (Å²) in [7, 11) is 1.90. The average Bonchev–Trinajstić information content (AvgIpc) is 2.33. The maximum absolute atomic E-state index is 8.97. The van der Waals surface area contributed by atoms with E-state index in [0.717, 1.165) is 24.3 Å². The molecule has 0 amide bonds. The summed E-state index contributed by atoms with van der Waals surface area (Å²) in [6.45, 7) is 3.02. The van der Waals surface area contributed by atoms with Crippen molar-refractivity contribution in [2.75, 3.05) is 20.3 Å². The second kappa shape index (κ2) is 7.25. The molecule has 3 nitrogen and oxygen atoms in total. The average molecular weight is 223 g/mol. The van der Waals surface area contributed by atoms with E-state index in [1.54, 1.807) is 0 Å². The highest BCUT2D eigenvalue weighted by Gasteiger charge is 2.08. The van der Waals surface area contributed by atoms with Gasteiger partial charge in [-0.15, -0.1) is 0 Å². The summed E-state index contributed by atoms with van der Waals surface area (Å²) in [4.78, 5) is 0. The van der Waals surface area contributed by atoms with Gasteiger partial charge in [0.2, 0.25) is 0 Å². The number of hydrogen-bond donors (Lipinski definition) is 2. The zero-order valence-corrected chi connectivity index (χ0v) is 10.1. The molecule has 1 aromatic carbocycles. The first kappa shape index (κ1) is 13.0. The van der Waals surface area contributed by atoms with Crippen molar-refractivity contribution in [1.82, 2.24) is 5.32 Å². The number of hydrogen-bond acceptors (Lipinski definition) is 3. The van der Waals surface area contributed by atoms with Crippen LogP contribution in [0.3, 0.4) is 0 Å². The maximum atomic E-state index is 8.97. The lowest BCUT2D eigenvalue weighted by molar-refractivity contribution is 0.268. The zero-order chi connectivity index (χ0) is 11.8. The van der Waals surface area contributed by atoms with Crippen LogP contribution in [-0.4, -0.2) is 25.4 Å². The van der Waals surface area contributed by atoms with Crippen LogP contribution in [0.2, 0.25) is 0 Å². The number of benzene rings is 1. The first-order valence-corrected chi connectivity index (χ1v) is 5.82. The van der Waals surface area contributed by atoms with Crippen LogP contribution in [0.4, 0.5) is 0 Å². The van der Waals surface area contributed by atoms with Crippen molar-refractivity contribution >= 4 is 0 Å². The predicted molar refractivity (Wildman–Crippen MR) is 65.7 cm³/mol. The molecule has 0 aromatic heterocycles. The Morgan fingerprint density at radius 2 is 2.25 bits per heavy atom. The van der Waals surface area contributed by atoms with Crippen LogP contribution in [0.15, 0.2) is 24.3 Å². The summed E-state index contributed by atoms with van der Waals surface area (Å²) in [5.74, 6) is 0.900. The first-order valence-electron chi connectivity index (χ1n) is 5.82. The molecule has 16 heavy (non-hydrogen) atoms. The normalized spacial score (nSPS) is 12.4. The molecule has 1 rings (SSSR count). The molecule has 0 fully saturated rings. The van der Waals surface area contributed by atoms with Gasteiger partial charge in [0.1, 0.15) is 5.75 Å². The molecule has 0 aliphatic carbocycles. The van der Waals surface area contributed by atoms with Gasteiger partial charge in [0.25, 0.3) is 0 Å². The number of ether oxygens (including phenoxy) is 1. The molecule has 0 saturated carbocycles. The molecule has 0 aliphatic heterocycles. The molecule has 0 spiro atoms. The Hall–Kier alpha value is -1.06. The second-order valence-corrected chi connectivity index (χ2v) is 3.77. The van der Waals surface area contributed by atoms with Gasteiger partial charge in [0.05, 0.1) is 6.61 Å². The smallest absolute Gasteiger partial charge is 0.119 e. The van der Waals surface area contributed by atoms with E-state index in [1.807, 2.05) is 25.2 Å². The zero-order valence-electron chi connectivity index (χ0n) is 10.1. The lowest BCUT2D eigenvalue weighted by Crippen LogP contribution is -2.17. The van der Waals surface area contributed by atoms with Crippen LogP contribution in [0.1, 0.15) is 31.4 Å². The van der Waals surface area contributed by atoms with Gasteiger partial charge in [0.15, 0.2) is 0 Å². The van der Waals surface area contributed by atoms with Crippen LogP contribution >= 0.6 is 0 Å². The van der Waals surface area contributed by atoms with Crippen molar-refractivity contribution in [2.24, 2.45) is 0 Å². The molecule has 1 atom stereocenters. The van der Waals surface area contributed by atoms with E-state index in [-0.39, 0.29) is 12.6 Å². The van der Waals surface area contributed by atoms with Crippen molar-refractivity contribution in [3.05, 3.63) is 29.8 Å². The number of aliphatic hydroxyl groups is 1. The highest BCUT2D eigenvalue weighted by molar-refractivity contribution is 5.30. The van der Waals surface area contributed by atoms with Gasteiger partial charge in [-0.3, -0.25) is 0 Å². The van der Waals surface area contributed by atoms with Gasteiger partial charge in [0, 0.05) is 12.6 Å². The third kappa shape index (κ3) is 3.83. The fourth-order valence-corrected chi connectivity index (χ4v) is 1.65. The Morgan fingerprint density at radius 3 is 2.88 bits per heavy atom. The van der Waals surface area contributed by atoms with E-state index in [1.165, 1.54) is 0 Å². The third-order valence-corrected chi connectivity index (χ3v) is 2.50. The molecular formula is C13H21NO2. The van der Waals surface area contributed by atoms with E-state index >= 15 is 0 Å². The third-order valence-electron chi connectivity index (χ3n) is 2.50. The van der Waals surface area contributed by atoms with Gasteiger partial charge in [-0.2, -0.15) is 0 Å². The van der Waals surface area contributed by atoms with Crippen molar-refractivity contribution in [2.45, 2.75) is 25.8 Å². The SMILES string of the molecule is CCCOc1cccc(C(CCO)NC)c1. The van der Waals surface area contributed by atoms with Gasteiger partial charge >= 0.3 is 0 Å². The van der Waals surface area contributed by atoms with E-state index in [4.69, 9.17) is 9.84 Å². The molecule has 90 valence electrons. The second-order valence-electron chi connectivity index (χ2n) is 3.77. The number of aliphatic hydroxyl groups excluding tert-OH is 1. The summed E-state index contributed by atoms with van der Waals surface area (Å²) >= 11 is 0. The Kier molecular flexibility index (Phi) is 5.90. The highest BCUT2D eigenvalue weighted by atomic mass is 16.5. The molecule has 1 aromatic rings. The van der Waals surface area contributed by atoms with Crippen molar-refractivity contribution in [3.63, 3.8) is 0 Å². The Balaban J connectivity index is 2.71. The summed E-state index contributed by atoms with van der Waals surface area (Å²) in [5.41, 5.74) is 1.16. The van der Waals surface area contributed by atoms with Crippen LogP contribution in [-0.2, 0) is 0 Å². The van der Waals surface area contributed by atoms with E-state index in [0.29, 0.717) is 6.42 Å². The Bertz CT molecular complexity index is 302. The minimum atomic E-state index is 0.186. The van der Waals surface area contributed by atoms with Gasteiger partial charge < -0.3 is 15.2 Å². The highest BCUT2D eigenvalue weighted by Crippen LogP contribution is 2.21. The Morgan fingerprint density at radius 1 is 1.44 bits per heavy atom. The van der Waals surface area contributed by atoms with Crippen molar-refractivity contribution < 1.29 is 9.84 Å². The fraction of sp³-hybridized carbons (Fsp3) is 0.538. The molecular weight excluding hydrogens is 202 g/mol. The minimum absolute atomic E-state index is 0.186. The summed E-state index contributed by atoms with van der Waals surface area (Å²) in [6.07, 6.45) is 1.73. The van der Waals surface area contributed by atoms with Crippen LogP contribution in [0, 0.1) is 0 Å². The van der Waals surface area contributed by atoms with Crippen LogP contribution < -0.4 is 10.1 Å². The van der Waals surface area contributed by atoms with Gasteiger partial charge in [-0.1, -0.05) is 19.1 Å². The standard InChI is InChI=1S/C13H21NO2/c1-3-9-16-12-6-4-5-11(10-12)13(14-2)7-8-15/h4-6,10,13-15H,3,7-9H2,1-2H3. The molecule has 0 aliphatic rings. The van der Waals surface area contributed by atoms with Crippen LogP contribution in [0.25, 0.3) is 0 Å². The lowest BCUT2D eigenvalue weighted by Gasteiger charge is -2.16. The first-order chi connectivity index (χ1) is 7.81. The summed E-state index contributed by atoms with van der Waals surface area (Å²) in [5, 5.41) is 12.2. The molecule has 0 bridgehead atoms. The molecule has 3 heteroatoms. The lowest BCUT2D eigenvalue weighted by atomic mass is 10.0. The summed E-state index contributed by atoms with van der Waals surface area (Å²) < 4.78 is 5.58. The molecule has 1 unspecified atom stereocenters. The molecule has 0 heterocycles. The largest absolute Gasteiger partial charge is 0.494 e. The maximum Gasteiger partial charge on any atom is 0.119 e. The monoisotopic (exact) mass is 223 g/mol. The van der Waals surface area contributed by atoms with Gasteiger partial charge in [-0.25, -0.2) is 0 Å².